The van der Waals surface area contributed by atoms with Crippen LogP contribution >= 0.6 is 0 Å². The van der Waals surface area contributed by atoms with Crippen molar-refractivity contribution in [1.29, 1.82) is 0 Å². The van der Waals surface area contributed by atoms with Crippen molar-refractivity contribution in [2.24, 2.45) is 10.8 Å². The highest BCUT2D eigenvalue weighted by Gasteiger charge is 2.44. The smallest absolute Gasteiger partial charge is 0.416 e. The summed E-state index contributed by atoms with van der Waals surface area (Å²) in [5.41, 5.74) is -3.00. The van der Waals surface area contributed by atoms with Crippen LogP contribution < -0.4 is 5.32 Å². The molecule has 1 amide bonds. The van der Waals surface area contributed by atoms with Crippen LogP contribution in [0.1, 0.15) is 55.2 Å². The number of carboxylic acids is 1. The van der Waals surface area contributed by atoms with Crippen LogP contribution in [-0.2, 0) is 47.4 Å². The Hall–Kier alpha value is -2.94. The van der Waals surface area contributed by atoms with Gasteiger partial charge in [-0.3, -0.25) is 9.59 Å². The van der Waals surface area contributed by atoms with Gasteiger partial charge in [0, 0.05) is 20.8 Å². The number of allylic oxidation sites excluding steroid dienone is 2. The molecule has 254 valence electrons. The van der Waals surface area contributed by atoms with Crippen LogP contribution in [0.3, 0.4) is 0 Å². The molecule has 2 N–H and O–H groups in total. The molecule has 2 aliphatic rings. The van der Waals surface area contributed by atoms with Crippen LogP contribution in [-0.4, -0.2) is 70.8 Å². The first-order valence-electron chi connectivity index (χ1n) is 14.2. The topological polar surface area (TPSA) is 103 Å². The summed E-state index contributed by atoms with van der Waals surface area (Å²) >= 11 is 0. The molecule has 45 heavy (non-hydrogen) atoms. The van der Waals surface area contributed by atoms with Gasteiger partial charge in [0.05, 0.1) is 61.6 Å². The first-order valence-corrected chi connectivity index (χ1v) is 14.2. The summed E-state index contributed by atoms with van der Waals surface area (Å²) in [5, 5.41) is 11.7. The number of benzene rings is 1. The molecule has 0 heterocycles. The first kappa shape index (κ1) is 38.2. The summed E-state index contributed by atoms with van der Waals surface area (Å²) in [5.74, 6) is -1.27. The molecule has 8 nitrogen and oxygen atoms in total. The van der Waals surface area contributed by atoms with Crippen molar-refractivity contribution in [1.82, 2.24) is 5.32 Å². The van der Waals surface area contributed by atoms with Crippen molar-refractivity contribution in [2.75, 3.05) is 53.9 Å². The highest BCUT2D eigenvalue weighted by Crippen LogP contribution is 2.42. The normalized spacial score (nSPS) is 21.9. The van der Waals surface area contributed by atoms with E-state index in [4.69, 9.17) is 18.9 Å². The lowest BCUT2D eigenvalue weighted by atomic mass is 9.85. The SMILES string of the molecule is C=C1CCC(COCCOC)(C(=O)NCc2cc(C(F)(F)F)cc(C(F)(F)F)c2)C1.C=C1CCC(COCCOC)(C(=O)O)C1. The molecule has 0 bridgehead atoms. The molecule has 0 radical (unpaired) electrons. The molecule has 2 atom stereocenters. The highest BCUT2D eigenvalue weighted by molar-refractivity contribution is 5.83. The second-order valence-corrected chi connectivity index (χ2v) is 11.4. The Morgan fingerprint density at radius 1 is 0.800 bits per heavy atom. The van der Waals surface area contributed by atoms with Crippen LogP contribution in [0.15, 0.2) is 42.5 Å². The lowest BCUT2D eigenvalue weighted by molar-refractivity contribution is -0.152. The third kappa shape index (κ3) is 11.4. The van der Waals surface area contributed by atoms with E-state index in [1.165, 1.54) is 7.11 Å². The van der Waals surface area contributed by atoms with Crippen LogP contribution in [0.4, 0.5) is 26.3 Å². The monoisotopic (exact) mass is 653 g/mol. The average Bonchev–Trinajstić information content (AvgIpc) is 3.55. The Kier molecular flexibility index (Phi) is 14.1. The number of aliphatic carboxylic acids is 1. The van der Waals surface area contributed by atoms with E-state index in [1.807, 2.05) is 0 Å². The molecule has 0 saturated heterocycles. The predicted molar refractivity (Wildman–Crippen MR) is 152 cm³/mol. The molecule has 2 fully saturated rings. The minimum atomic E-state index is -4.94. The number of hydrogen-bond acceptors (Lipinski definition) is 6. The quantitative estimate of drug-likeness (QED) is 0.140. The fourth-order valence-corrected chi connectivity index (χ4v) is 5.20. The average molecular weight is 654 g/mol. The van der Waals surface area contributed by atoms with Gasteiger partial charge < -0.3 is 29.4 Å². The second kappa shape index (κ2) is 16.6. The molecule has 1 aromatic carbocycles. The van der Waals surface area contributed by atoms with Gasteiger partial charge in [-0.25, -0.2) is 0 Å². The van der Waals surface area contributed by atoms with E-state index >= 15 is 0 Å². The van der Waals surface area contributed by atoms with E-state index < -0.39 is 52.7 Å². The van der Waals surface area contributed by atoms with E-state index in [0.29, 0.717) is 64.1 Å². The zero-order valence-corrected chi connectivity index (χ0v) is 25.5. The number of nitrogens with one attached hydrogen (secondary N) is 1. The number of rotatable bonds is 14. The van der Waals surface area contributed by atoms with Gasteiger partial charge in [0.2, 0.25) is 5.91 Å². The Morgan fingerprint density at radius 2 is 1.24 bits per heavy atom. The number of ether oxygens (including phenoxy) is 4. The number of carbonyl (C=O) groups is 2. The Morgan fingerprint density at radius 3 is 1.62 bits per heavy atom. The number of hydrogen-bond donors (Lipinski definition) is 2. The van der Waals surface area contributed by atoms with Gasteiger partial charge in [-0.15, -0.1) is 0 Å². The lowest BCUT2D eigenvalue weighted by Crippen LogP contribution is -2.42. The van der Waals surface area contributed by atoms with Crippen molar-refractivity contribution < 1.29 is 60.0 Å². The van der Waals surface area contributed by atoms with Crippen molar-refractivity contribution in [2.45, 2.75) is 57.4 Å². The fraction of sp³-hybridized carbons (Fsp3) is 0.613. The van der Waals surface area contributed by atoms with Crippen molar-refractivity contribution in [3.8, 4) is 0 Å². The molecule has 1 aromatic rings. The molecular weight excluding hydrogens is 612 g/mol. The third-order valence-electron chi connectivity index (χ3n) is 7.75. The maximum Gasteiger partial charge on any atom is 0.416 e. The number of methoxy groups -OCH3 is 2. The van der Waals surface area contributed by atoms with E-state index in [9.17, 15) is 41.0 Å². The summed E-state index contributed by atoms with van der Waals surface area (Å²) < 4.78 is 98.5. The standard InChI is InChI=1S/C20H23F6NO3.C11H18O4/c1-13-3-4-18(10-13,12-30-6-5-29-2)17(28)27-11-14-7-15(19(21,22)23)9-16(8-14)20(24,25)26;1-9-3-4-11(7-9,10(12)13)8-15-6-5-14-2/h7-9H,1,3-6,10-12H2,2H3,(H,27,28);1,3-8H2,2H3,(H,12,13). The van der Waals surface area contributed by atoms with Gasteiger partial charge in [-0.2, -0.15) is 26.3 Å². The van der Waals surface area contributed by atoms with Crippen LogP contribution in [0.2, 0.25) is 0 Å². The fourth-order valence-electron chi connectivity index (χ4n) is 5.20. The number of carbonyl (C=O) groups excluding carboxylic acids is 1. The number of halogens is 6. The Labute approximate surface area is 258 Å². The van der Waals surface area contributed by atoms with E-state index in [1.54, 1.807) is 7.11 Å². The molecule has 0 aromatic heterocycles. The Bertz CT molecular complexity index is 1150. The van der Waals surface area contributed by atoms with Gasteiger partial charge in [-0.1, -0.05) is 24.3 Å². The number of carboxylic acid groups (broad SMARTS) is 1. The summed E-state index contributed by atoms with van der Waals surface area (Å²) in [6, 6.07) is 1.26. The van der Waals surface area contributed by atoms with Crippen LogP contribution in [0.25, 0.3) is 0 Å². The summed E-state index contributed by atoms with van der Waals surface area (Å²) in [6.07, 6.45) is -6.57. The molecule has 2 saturated carbocycles. The van der Waals surface area contributed by atoms with Crippen molar-refractivity contribution >= 4 is 11.9 Å². The van der Waals surface area contributed by atoms with Gasteiger partial charge in [0.1, 0.15) is 0 Å². The summed E-state index contributed by atoms with van der Waals surface area (Å²) in [7, 11) is 3.08. The van der Waals surface area contributed by atoms with E-state index in [-0.39, 0.29) is 31.5 Å². The van der Waals surface area contributed by atoms with Crippen molar-refractivity contribution in [3.63, 3.8) is 0 Å². The van der Waals surface area contributed by atoms with Crippen LogP contribution in [0.5, 0.6) is 0 Å². The molecule has 0 aliphatic heterocycles. The largest absolute Gasteiger partial charge is 0.481 e. The van der Waals surface area contributed by atoms with E-state index in [2.05, 4.69) is 18.5 Å². The molecule has 2 unspecified atom stereocenters. The third-order valence-corrected chi connectivity index (χ3v) is 7.75. The zero-order chi connectivity index (χ0) is 33.9. The zero-order valence-electron chi connectivity index (χ0n) is 25.5. The number of alkyl halides is 6. The molecule has 0 spiro atoms. The lowest BCUT2D eigenvalue weighted by Gasteiger charge is -2.27. The minimum Gasteiger partial charge on any atom is -0.481 e. The Balaban J connectivity index is 0.000000394. The molecule has 2 aliphatic carbocycles. The summed E-state index contributed by atoms with van der Waals surface area (Å²) in [6.45, 7) is 9.04. The van der Waals surface area contributed by atoms with Crippen LogP contribution in [0, 0.1) is 10.8 Å². The minimum absolute atomic E-state index is 0.0530. The van der Waals surface area contributed by atoms with Gasteiger partial charge in [0.25, 0.3) is 0 Å². The van der Waals surface area contributed by atoms with Gasteiger partial charge in [-0.05, 0) is 62.3 Å². The molecule has 3 rings (SSSR count). The molecule has 14 heteroatoms. The van der Waals surface area contributed by atoms with Crippen molar-refractivity contribution in [3.05, 3.63) is 59.2 Å². The maximum atomic E-state index is 13.0. The molecular formula is C31H41F6NO7. The number of amides is 1. The second-order valence-electron chi connectivity index (χ2n) is 11.4. The maximum absolute atomic E-state index is 13.0. The van der Waals surface area contributed by atoms with Gasteiger partial charge >= 0.3 is 18.3 Å². The first-order chi connectivity index (χ1) is 21.0. The van der Waals surface area contributed by atoms with Gasteiger partial charge in [0.15, 0.2) is 0 Å². The highest BCUT2D eigenvalue weighted by atomic mass is 19.4. The predicted octanol–water partition coefficient (Wildman–Crippen LogP) is 6.19. The van der Waals surface area contributed by atoms with E-state index in [0.717, 1.165) is 17.6 Å². The summed E-state index contributed by atoms with van der Waals surface area (Å²) in [4.78, 5) is 24.0.